The Balaban J connectivity index is 2.73. The van der Waals surface area contributed by atoms with E-state index in [2.05, 4.69) is 0 Å². The number of hydrogen-bond donors (Lipinski definition) is 2. The van der Waals surface area contributed by atoms with Crippen molar-refractivity contribution in [1.82, 2.24) is 0 Å². The zero-order chi connectivity index (χ0) is 10.6. The van der Waals surface area contributed by atoms with Crippen LogP contribution in [0.2, 0.25) is 0 Å². The van der Waals surface area contributed by atoms with Crippen molar-refractivity contribution < 1.29 is 19.4 Å². The molecule has 1 aromatic rings. The third kappa shape index (κ3) is 2.56. The number of carboxylic acid groups (broad SMARTS) is 1. The molecule has 0 unspecified atom stereocenters. The summed E-state index contributed by atoms with van der Waals surface area (Å²) in [7, 11) is 0. The summed E-state index contributed by atoms with van der Waals surface area (Å²) < 4.78 is 4.74. The van der Waals surface area contributed by atoms with Gasteiger partial charge in [0.1, 0.15) is 5.75 Å². The van der Waals surface area contributed by atoms with E-state index in [4.69, 9.17) is 15.6 Å². The van der Waals surface area contributed by atoms with Gasteiger partial charge in [-0.15, -0.1) is 0 Å². The van der Waals surface area contributed by atoms with Crippen LogP contribution in [0.1, 0.15) is 10.4 Å². The number of carbonyl (C=O) groups is 2. The second-order valence-electron chi connectivity index (χ2n) is 2.51. The molecule has 0 aliphatic rings. The van der Waals surface area contributed by atoms with Gasteiger partial charge in [0.15, 0.2) is 0 Å². The van der Waals surface area contributed by atoms with Crippen LogP contribution in [0.15, 0.2) is 24.3 Å². The average Bonchev–Trinajstić information content (AvgIpc) is 2.18. The van der Waals surface area contributed by atoms with E-state index in [0.717, 1.165) is 0 Å². The molecule has 1 rings (SSSR count). The number of carboxylic acids is 1. The lowest BCUT2D eigenvalue weighted by atomic mass is 10.2. The Hall–Kier alpha value is -1.88. The summed E-state index contributed by atoms with van der Waals surface area (Å²) in [6.45, 7) is -0.208. The van der Waals surface area contributed by atoms with Crippen molar-refractivity contribution in [3.63, 3.8) is 0 Å². The Bertz CT molecular complexity index is 344. The monoisotopic (exact) mass is 195 g/mol. The molecule has 0 aliphatic heterocycles. The summed E-state index contributed by atoms with van der Waals surface area (Å²) in [6.07, 6.45) is 0. The zero-order valence-electron chi connectivity index (χ0n) is 7.27. The van der Waals surface area contributed by atoms with E-state index in [1.165, 1.54) is 24.3 Å². The molecule has 3 N–H and O–H groups in total. The van der Waals surface area contributed by atoms with Crippen LogP contribution >= 0.6 is 0 Å². The second kappa shape index (κ2) is 4.38. The number of benzene rings is 1. The Labute approximate surface area is 80.1 Å². The van der Waals surface area contributed by atoms with Gasteiger partial charge in [0.25, 0.3) is 0 Å². The van der Waals surface area contributed by atoms with Crippen molar-refractivity contribution in [2.75, 3.05) is 6.54 Å². The van der Waals surface area contributed by atoms with Crippen molar-refractivity contribution in [3.05, 3.63) is 29.8 Å². The minimum Gasteiger partial charge on any atom is -0.478 e. The Morgan fingerprint density at radius 3 is 2.29 bits per heavy atom. The molecule has 0 heterocycles. The molecule has 0 atom stereocenters. The van der Waals surface area contributed by atoms with Crippen LogP contribution in [-0.2, 0) is 4.79 Å². The number of carbonyl (C=O) groups excluding carboxylic acids is 1. The number of nitrogens with two attached hydrogens (primary N) is 1. The van der Waals surface area contributed by atoms with Crippen LogP contribution < -0.4 is 10.5 Å². The molecule has 0 amide bonds. The van der Waals surface area contributed by atoms with Crippen molar-refractivity contribution >= 4 is 11.9 Å². The van der Waals surface area contributed by atoms with Gasteiger partial charge in [-0.2, -0.15) is 0 Å². The maximum atomic E-state index is 10.7. The van der Waals surface area contributed by atoms with Gasteiger partial charge in [0.05, 0.1) is 12.1 Å². The minimum absolute atomic E-state index is 0.137. The van der Waals surface area contributed by atoms with E-state index >= 15 is 0 Å². The van der Waals surface area contributed by atoms with E-state index < -0.39 is 11.9 Å². The van der Waals surface area contributed by atoms with Gasteiger partial charge in [-0.05, 0) is 24.3 Å². The molecule has 0 aliphatic carbocycles. The van der Waals surface area contributed by atoms with Crippen LogP contribution in [0, 0.1) is 0 Å². The molecule has 0 spiro atoms. The summed E-state index contributed by atoms with van der Waals surface area (Å²) in [4.78, 5) is 21.2. The van der Waals surface area contributed by atoms with Gasteiger partial charge >= 0.3 is 11.9 Å². The quantitative estimate of drug-likeness (QED) is 0.533. The first kappa shape index (κ1) is 10.2. The predicted molar refractivity (Wildman–Crippen MR) is 48.1 cm³/mol. The molecule has 0 fully saturated rings. The lowest BCUT2D eigenvalue weighted by Crippen LogP contribution is -2.19. The summed E-state index contributed by atoms with van der Waals surface area (Å²) in [6, 6.07) is 5.50. The van der Waals surface area contributed by atoms with E-state index in [1.807, 2.05) is 0 Å². The maximum Gasteiger partial charge on any atom is 0.335 e. The lowest BCUT2D eigenvalue weighted by Gasteiger charge is -2.01. The fourth-order valence-electron chi connectivity index (χ4n) is 0.839. The van der Waals surface area contributed by atoms with Gasteiger partial charge in [0.2, 0.25) is 0 Å². The topological polar surface area (TPSA) is 89.6 Å². The molecule has 0 saturated heterocycles. The van der Waals surface area contributed by atoms with E-state index in [1.54, 1.807) is 0 Å². The SMILES string of the molecule is NCC(=O)Oc1ccc(C(=O)O)cc1. The van der Waals surface area contributed by atoms with Crippen LogP contribution in [0.3, 0.4) is 0 Å². The van der Waals surface area contributed by atoms with Gasteiger partial charge in [-0.3, -0.25) is 4.79 Å². The minimum atomic E-state index is -1.03. The first-order chi connectivity index (χ1) is 6.63. The molecule has 0 bridgehead atoms. The number of hydrogen-bond acceptors (Lipinski definition) is 4. The zero-order valence-corrected chi connectivity index (χ0v) is 7.27. The Kier molecular flexibility index (Phi) is 3.19. The highest BCUT2D eigenvalue weighted by Gasteiger charge is 2.04. The number of esters is 1. The number of rotatable bonds is 3. The largest absolute Gasteiger partial charge is 0.478 e. The normalized spacial score (nSPS) is 9.50. The van der Waals surface area contributed by atoms with Gasteiger partial charge in [-0.1, -0.05) is 0 Å². The van der Waals surface area contributed by atoms with E-state index in [-0.39, 0.29) is 17.9 Å². The van der Waals surface area contributed by atoms with Crippen molar-refractivity contribution in [2.45, 2.75) is 0 Å². The van der Waals surface area contributed by atoms with Crippen molar-refractivity contribution in [1.29, 1.82) is 0 Å². The molecule has 74 valence electrons. The Morgan fingerprint density at radius 2 is 1.86 bits per heavy atom. The molecule has 5 nitrogen and oxygen atoms in total. The first-order valence-electron chi connectivity index (χ1n) is 3.87. The predicted octanol–water partition coefficient (Wildman–Crippen LogP) is 0.249. The fraction of sp³-hybridized carbons (Fsp3) is 0.111. The summed E-state index contributed by atoms with van der Waals surface area (Å²) in [5.41, 5.74) is 5.17. The molecule has 0 saturated carbocycles. The standard InChI is InChI=1S/C9H9NO4/c10-5-8(11)14-7-3-1-6(2-4-7)9(12)13/h1-4H,5,10H2,(H,12,13). The van der Waals surface area contributed by atoms with Crippen molar-refractivity contribution in [2.24, 2.45) is 5.73 Å². The second-order valence-corrected chi connectivity index (χ2v) is 2.51. The molecule has 0 radical (unpaired) electrons. The Morgan fingerprint density at radius 1 is 1.29 bits per heavy atom. The molecule has 14 heavy (non-hydrogen) atoms. The summed E-state index contributed by atoms with van der Waals surface area (Å²) in [5, 5.41) is 8.58. The van der Waals surface area contributed by atoms with Crippen LogP contribution in [0.5, 0.6) is 5.75 Å². The van der Waals surface area contributed by atoms with Gasteiger partial charge < -0.3 is 15.6 Å². The molecular formula is C9H9NO4. The summed E-state index contributed by atoms with van der Waals surface area (Å²) in [5.74, 6) is -1.31. The number of ether oxygens (including phenoxy) is 1. The number of aromatic carboxylic acids is 1. The van der Waals surface area contributed by atoms with Crippen LogP contribution in [0.25, 0.3) is 0 Å². The highest BCUT2D eigenvalue weighted by Crippen LogP contribution is 2.11. The fourth-order valence-corrected chi connectivity index (χ4v) is 0.839. The molecule has 0 aromatic heterocycles. The lowest BCUT2D eigenvalue weighted by molar-refractivity contribution is -0.132. The first-order valence-corrected chi connectivity index (χ1v) is 3.87. The molecular weight excluding hydrogens is 186 g/mol. The molecule has 1 aromatic carbocycles. The van der Waals surface area contributed by atoms with Crippen LogP contribution in [-0.4, -0.2) is 23.6 Å². The smallest absolute Gasteiger partial charge is 0.335 e. The van der Waals surface area contributed by atoms with Gasteiger partial charge in [-0.25, -0.2) is 4.79 Å². The summed E-state index contributed by atoms with van der Waals surface area (Å²) >= 11 is 0. The van der Waals surface area contributed by atoms with Gasteiger partial charge in [0, 0.05) is 0 Å². The van der Waals surface area contributed by atoms with Crippen molar-refractivity contribution in [3.8, 4) is 5.75 Å². The van der Waals surface area contributed by atoms with Crippen LogP contribution in [0.4, 0.5) is 0 Å². The highest BCUT2D eigenvalue weighted by molar-refractivity contribution is 5.87. The molecule has 5 heteroatoms. The maximum absolute atomic E-state index is 10.7. The average molecular weight is 195 g/mol. The highest BCUT2D eigenvalue weighted by atomic mass is 16.5. The van der Waals surface area contributed by atoms with E-state index in [0.29, 0.717) is 0 Å². The van der Waals surface area contributed by atoms with E-state index in [9.17, 15) is 9.59 Å². The third-order valence-electron chi connectivity index (χ3n) is 1.50. The third-order valence-corrected chi connectivity index (χ3v) is 1.50.